The smallest absolute Gasteiger partial charge is 0.326 e. The molecule has 0 unspecified atom stereocenters. The summed E-state index contributed by atoms with van der Waals surface area (Å²) in [6.45, 7) is 1.91. The van der Waals surface area contributed by atoms with Crippen molar-refractivity contribution in [2.75, 3.05) is 11.9 Å². The largest absolute Gasteiger partial charge is 0.480 e. The Bertz CT molecular complexity index is 513. The maximum absolute atomic E-state index is 11.9. The summed E-state index contributed by atoms with van der Waals surface area (Å²) < 4.78 is 0. The summed E-state index contributed by atoms with van der Waals surface area (Å²) in [6.07, 6.45) is -0.456. The normalized spacial score (nSPS) is 11.5. The third-order valence-electron chi connectivity index (χ3n) is 2.73. The molecule has 3 amide bonds. The van der Waals surface area contributed by atoms with Gasteiger partial charge in [-0.3, -0.25) is 9.69 Å². The summed E-state index contributed by atoms with van der Waals surface area (Å²) in [7, 11) is 1.50. The number of carbonyl (C=O) groups is 3. The van der Waals surface area contributed by atoms with Crippen LogP contribution in [-0.2, 0) is 9.59 Å². The second-order valence-electron chi connectivity index (χ2n) is 4.41. The van der Waals surface area contributed by atoms with Crippen LogP contribution in [0.4, 0.5) is 10.5 Å². The zero-order chi connectivity index (χ0) is 15.3. The second kappa shape index (κ2) is 6.55. The first-order valence-corrected chi connectivity index (χ1v) is 5.93. The second-order valence-corrected chi connectivity index (χ2v) is 4.41. The highest BCUT2D eigenvalue weighted by atomic mass is 16.4. The lowest BCUT2D eigenvalue weighted by molar-refractivity contribution is -0.140. The van der Waals surface area contributed by atoms with Crippen LogP contribution in [0.5, 0.6) is 0 Å². The molecular weight excluding hydrogens is 262 g/mol. The minimum absolute atomic E-state index is 0.456. The van der Waals surface area contributed by atoms with E-state index in [1.165, 1.54) is 11.9 Å². The number of nitrogens with zero attached hydrogens (tertiary/aromatic N) is 1. The third kappa shape index (κ3) is 4.27. The number of carbonyl (C=O) groups excluding carboxylic acids is 2. The van der Waals surface area contributed by atoms with Crippen LogP contribution in [0.1, 0.15) is 12.0 Å². The number of nitrogens with one attached hydrogen (secondary N) is 1. The fraction of sp³-hybridized carbons (Fsp3) is 0.308. The van der Waals surface area contributed by atoms with E-state index in [1.807, 2.05) is 19.1 Å². The van der Waals surface area contributed by atoms with Crippen molar-refractivity contribution in [3.8, 4) is 0 Å². The molecule has 0 fully saturated rings. The summed E-state index contributed by atoms with van der Waals surface area (Å²) >= 11 is 0. The van der Waals surface area contributed by atoms with E-state index in [1.54, 1.807) is 12.1 Å². The molecule has 7 heteroatoms. The van der Waals surface area contributed by atoms with Crippen molar-refractivity contribution < 1.29 is 19.5 Å². The molecule has 0 saturated carbocycles. The number of hydrogen-bond donors (Lipinski definition) is 3. The van der Waals surface area contributed by atoms with Crippen LogP contribution in [0.3, 0.4) is 0 Å². The van der Waals surface area contributed by atoms with E-state index < -0.39 is 30.4 Å². The van der Waals surface area contributed by atoms with Crippen molar-refractivity contribution in [1.82, 2.24) is 5.32 Å². The number of hydrogen-bond acceptors (Lipinski definition) is 3. The quantitative estimate of drug-likeness (QED) is 0.727. The molecule has 1 rings (SSSR count). The zero-order valence-electron chi connectivity index (χ0n) is 11.3. The fourth-order valence-corrected chi connectivity index (χ4v) is 1.53. The van der Waals surface area contributed by atoms with Crippen LogP contribution in [0.2, 0.25) is 0 Å². The van der Waals surface area contributed by atoms with Gasteiger partial charge in [0.1, 0.15) is 6.04 Å². The Morgan fingerprint density at radius 2 is 1.85 bits per heavy atom. The van der Waals surface area contributed by atoms with Gasteiger partial charge in [0.05, 0.1) is 6.42 Å². The van der Waals surface area contributed by atoms with Crippen molar-refractivity contribution in [3.63, 3.8) is 0 Å². The SMILES string of the molecule is Cc1ccc(N(C)C(=O)N[C@H](CC(N)=O)C(=O)O)cc1. The van der Waals surface area contributed by atoms with Crippen molar-refractivity contribution in [1.29, 1.82) is 0 Å². The number of carboxylic acids is 1. The minimum atomic E-state index is -1.34. The van der Waals surface area contributed by atoms with Gasteiger partial charge in [0, 0.05) is 12.7 Å². The lowest BCUT2D eigenvalue weighted by Crippen LogP contribution is -2.48. The summed E-state index contributed by atoms with van der Waals surface area (Å²) in [5, 5.41) is 11.2. The average Bonchev–Trinajstić information content (AvgIpc) is 2.37. The van der Waals surface area contributed by atoms with E-state index in [2.05, 4.69) is 5.32 Å². The van der Waals surface area contributed by atoms with Gasteiger partial charge in [-0.2, -0.15) is 0 Å². The molecule has 1 aromatic carbocycles. The Morgan fingerprint density at radius 3 is 2.30 bits per heavy atom. The van der Waals surface area contributed by atoms with E-state index in [-0.39, 0.29) is 0 Å². The number of rotatable bonds is 5. The van der Waals surface area contributed by atoms with Crippen LogP contribution in [0, 0.1) is 6.92 Å². The maximum Gasteiger partial charge on any atom is 0.326 e. The van der Waals surface area contributed by atoms with Crippen LogP contribution in [-0.4, -0.2) is 36.1 Å². The van der Waals surface area contributed by atoms with E-state index in [9.17, 15) is 14.4 Å². The Kier molecular flexibility index (Phi) is 5.08. The number of primary amides is 1. The molecular formula is C13H17N3O4. The molecule has 0 aliphatic rings. The van der Waals surface area contributed by atoms with Crippen LogP contribution >= 0.6 is 0 Å². The van der Waals surface area contributed by atoms with Crippen molar-refractivity contribution >= 4 is 23.6 Å². The Balaban J connectivity index is 2.75. The summed E-state index contributed by atoms with van der Waals surface area (Å²) in [4.78, 5) is 34.9. The molecule has 1 atom stereocenters. The Hall–Kier alpha value is -2.57. The van der Waals surface area contributed by atoms with Gasteiger partial charge in [0.25, 0.3) is 0 Å². The monoisotopic (exact) mass is 279 g/mol. The molecule has 7 nitrogen and oxygen atoms in total. The van der Waals surface area contributed by atoms with E-state index >= 15 is 0 Å². The first-order chi connectivity index (χ1) is 9.31. The summed E-state index contributed by atoms with van der Waals surface area (Å²) in [6, 6.07) is 5.17. The molecule has 0 heterocycles. The topological polar surface area (TPSA) is 113 Å². The Labute approximate surface area is 116 Å². The molecule has 0 radical (unpaired) electrons. The molecule has 0 aliphatic heterocycles. The van der Waals surface area contributed by atoms with E-state index in [0.717, 1.165) is 5.56 Å². The molecule has 1 aromatic rings. The number of aliphatic carboxylic acids is 1. The molecule has 0 saturated heterocycles. The number of carboxylic acid groups (broad SMARTS) is 1. The molecule has 0 bridgehead atoms. The molecule has 108 valence electrons. The van der Waals surface area contributed by atoms with Gasteiger partial charge in [-0.25, -0.2) is 9.59 Å². The minimum Gasteiger partial charge on any atom is -0.480 e. The fourth-order valence-electron chi connectivity index (χ4n) is 1.53. The number of aryl methyl sites for hydroxylation is 1. The lowest BCUT2D eigenvalue weighted by Gasteiger charge is -2.21. The zero-order valence-corrected chi connectivity index (χ0v) is 11.3. The van der Waals surface area contributed by atoms with Gasteiger partial charge in [-0.05, 0) is 19.1 Å². The van der Waals surface area contributed by atoms with E-state index in [4.69, 9.17) is 10.8 Å². The van der Waals surface area contributed by atoms with Crippen LogP contribution in [0.25, 0.3) is 0 Å². The summed E-state index contributed by atoms with van der Waals surface area (Å²) in [5.41, 5.74) is 6.59. The van der Waals surface area contributed by atoms with Gasteiger partial charge >= 0.3 is 12.0 Å². The number of benzene rings is 1. The van der Waals surface area contributed by atoms with Crippen LogP contribution in [0.15, 0.2) is 24.3 Å². The lowest BCUT2D eigenvalue weighted by atomic mass is 10.2. The maximum atomic E-state index is 11.9. The van der Waals surface area contributed by atoms with Gasteiger partial charge < -0.3 is 16.2 Å². The van der Waals surface area contributed by atoms with E-state index in [0.29, 0.717) is 5.69 Å². The standard InChI is InChI=1S/C13H17N3O4/c1-8-3-5-9(6-4-8)16(2)13(20)15-10(12(18)19)7-11(14)17/h3-6,10H,7H2,1-2H3,(H2,14,17)(H,15,20)(H,18,19)/t10-/m1/s1. The Morgan fingerprint density at radius 1 is 1.30 bits per heavy atom. The van der Waals surface area contributed by atoms with Gasteiger partial charge in [-0.1, -0.05) is 17.7 Å². The number of nitrogens with two attached hydrogens (primary N) is 1. The molecule has 20 heavy (non-hydrogen) atoms. The predicted octanol–water partition coefficient (Wildman–Crippen LogP) is 0.469. The van der Waals surface area contributed by atoms with Crippen molar-refractivity contribution in [2.45, 2.75) is 19.4 Å². The van der Waals surface area contributed by atoms with Gasteiger partial charge in [-0.15, -0.1) is 0 Å². The van der Waals surface area contributed by atoms with Gasteiger partial charge in [0.15, 0.2) is 0 Å². The molecule has 0 aromatic heterocycles. The van der Waals surface area contributed by atoms with Crippen LogP contribution < -0.4 is 16.0 Å². The first kappa shape index (κ1) is 15.5. The van der Waals surface area contributed by atoms with Gasteiger partial charge in [0.2, 0.25) is 5.91 Å². The number of urea groups is 1. The highest BCUT2D eigenvalue weighted by Gasteiger charge is 2.24. The molecule has 0 spiro atoms. The highest BCUT2D eigenvalue weighted by Crippen LogP contribution is 2.13. The molecule has 0 aliphatic carbocycles. The van der Waals surface area contributed by atoms with Crippen molar-refractivity contribution in [3.05, 3.63) is 29.8 Å². The molecule has 4 N–H and O–H groups in total. The third-order valence-corrected chi connectivity index (χ3v) is 2.73. The van der Waals surface area contributed by atoms with Crippen molar-refractivity contribution in [2.24, 2.45) is 5.73 Å². The number of anilines is 1. The highest BCUT2D eigenvalue weighted by molar-refractivity contribution is 5.95. The predicted molar refractivity (Wildman–Crippen MR) is 73.3 cm³/mol. The first-order valence-electron chi connectivity index (χ1n) is 5.93. The average molecular weight is 279 g/mol. The number of amides is 3. The summed E-state index contributed by atoms with van der Waals surface area (Å²) in [5.74, 6) is -2.11.